The van der Waals surface area contributed by atoms with Gasteiger partial charge in [-0.3, -0.25) is 0 Å². The summed E-state index contributed by atoms with van der Waals surface area (Å²) >= 11 is 0. The summed E-state index contributed by atoms with van der Waals surface area (Å²) in [7, 11) is 0. The average Bonchev–Trinajstić information content (AvgIpc) is 2.26. The number of hydrogen-bond acceptors (Lipinski definition) is 5. The van der Waals surface area contributed by atoms with Crippen LogP contribution in [0.2, 0.25) is 0 Å². The number of carbonyl (C=O) groups is 2. The molecule has 0 aliphatic carbocycles. The van der Waals surface area contributed by atoms with Crippen molar-refractivity contribution in [1.82, 2.24) is 0 Å². The number of carboxylic acids is 1. The van der Waals surface area contributed by atoms with Gasteiger partial charge in [0.2, 0.25) is 0 Å². The van der Waals surface area contributed by atoms with Crippen molar-refractivity contribution in [1.29, 1.82) is 0 Å². The number of rotatable bonds is 4. The van der Waals surface area contributed by atoms with Crippen LogP contribution in [0, 0.1) is 0 Å². The second-order valence-electron chi connectivity index (χ2n) is 2.97. The molecule has 0 saturated carbocycles. The van der Waals surface area contributed by atoms with Gasteiger partial charge in [-0.2, -0.15) is 0 Å². The van der Waals surface area contributed by atoms with Gasteiger partial charge in [0.15, 0.2) is 6.29 Å². The van der Waals surface area contributed by atoms with E-state index in [0.717, 1.165) is 6.07 Å². The second kappa shape index (κ2) is 7.41. The number of aromatic carboxylic acids is 1. The molecule has 0 unspecified atom stereocenters. The molecule has 0 radical (unpaired) electrons. The Morgan fingerprint density at radius 2 is 1.82 bits per heavy atom. The van der Waals surface area contributed by atoms with Gasteiger partial charge in [-0.05, 0) is 18.2 Å². The van der Waals surface area contributed by atoms with Gasteiger partial charge in [0.1, 0.15) is 6.61 Å². The third-order valence-corrected chi connectivity index (χ3v) is 1.71. The zero-order chi connectivity index (χ0) is 12.1. The van der Waals surface area contributed by atoms with Crippen molar-refractivity contribution in [2.75, 3.05) is 6.61 Å². The van der Waals surface area contributed by atoms with Crippen LogP contribution in [0.3, 0.4) is 0 Å². The first-order valence-electron chi connectivity index (χ1n) is 4.37. The van der Waals surface area contributed by atoms with Crippen LogP contribution in [0.5, 0.6) is 0 Å². The van der Waals surface area contributed by atoms with Crippen molar-refractivity contribution in [3.8, 4) is 0 Å². The summed E-state index contributed by atoms with van der Waals surface area (Å²) in [5, 5.41) is 25.6. The first-order chi connectivity index (χ1) is 7.50. The molecule has 0 aromatic heterocycles. The fourth-order valence-corrected chi connectivity index (χ4v) is 1.01. The third kappa shape index (κ3) is 5.29. The fraction of sp³-hybridized carbons (Fsp3) is 0.200. The van der Waals surface area contributed by atoms with Crippen LogP contribution >= 0.6 is 0 Å². The summed E-state index contributed by atoms with van der Waals surface area (Å²) in [5.41, 5.74) is -0.000420. The Labute approximate surface area is 119 Å². The van der Waals surface area contributed by atoms with Gasteiger partial charge in [-0.1, -0.05) is 6.07 Å². The number of aliphatic hydroxyl groups excluding tert-OH is 1. The summed E-state index contributed by atoms with van der Waals surface area (Å²) in [6, 6.07) is 5.25. The van der Waals surface area contributed by atoms with E-state index in [4.69, 9.17) is 15.3 Å². The first-order valence-corrected chi connectivity index (χ1v) is 4.37. The van der Waals surface area contributed by atoms with E-state index in [-0.39, 0.29) is 40.7 Å². The molecule has 0 saturated heterocycles. The maximum absolute atomic E-state index is 11.3. The van der Waals surface area contributed by atoms with E-state index in [9.17, 15) is 9.59 Å². The Morgan fingerprint density at radius 3 is 2.35 bits per heavy atom. The summed E-state index contributed by atoms with van der Waals surface area (Å²) in [5.74, 6) is -1.96. The molecule has 17 heavy (non-hydrogen) atoms. The minimum atomic E-state index is -1.74. The van der Waals surface area contributed by atoms with Crippen molar-refractivity contribution in [2.45, 2.75) is 6.29 Å². The minimum absolute atomic E-state index is 0. The molecule has 0 bridgehead atoms. The molecule has 6 nitrogen and oxygen atoms in total. The summed E-state index contributed by atoms with van der Waals surface area (Å²) in [6.07, 6.45) is -1.74. The van der Waals surface area contributed by atoms with Crippen LogP contribution in [-0.4, -0.2) is 69.7 Å². The van der Waals surface area contributed by atoms with Gasteiger partial charge in [0.25, 0.3) is 0 Å². The number of ether oxygens (including phenoxy) is 1. The predicted octanol–water partition coefficient (Wildman–Crippen LogP) is -0.796. The van der Waals surface area contributed by atoms with Crippen LogP contribution in [0.15, 0.2) is 24.3 Å². The second-order valence-corrected chi connectivity index (χ2v) is 2.97. The van der Waals surface area contributed by atoms with E-state index < -0.39 is 24.8 Å². The van der Waals surface area contributed by atoms with Gasteiger partial charge < -0.3 is 20.1 Å². The number of carboxylic acid groups (broad SMARTS) is 1. The standard InChI is InChI=1S/C10H10O6.Na.H/c11-8(12)5-16-10(15)7-3-1-2-6(4-7)9(13)14;;/h1-4,8,11-12H,5H2,(H,13,14);;. The Hall–Kier alpha value is -0.920. The number of carbonyl (C=O) groups excluding carboxylic acids is 1. The van der Waals surface area contributed by atoms with Gasteiger partial charge >= 0.3 is 41.5 Å². The molecule has 0 fully saturated rings. The zero-order valence-corrected chi connectivity index (χ0v) is 8.16. The van der Waals surface area contributed by atoms with Crippen molar-refractivity contribution < 1.29 is 29.6 Å². The Morgan fingerprint density at radius 1 is 1.24 bits per heavy atom. The van der Waals surface area contributed by atoms with Gasteiger partial charge in [-0.15, -0.1) is 0 Å². The van der Waals surface area contributed by atoms with Crippen LogP contribution in [0.1, 0.15) is 20.7 Å². The number of esters is 1. The van der Waals surface area contributed by atoms with Crippen LogP contribution < -0.4 is 0 Å². The van der Waals surface area contributed by atoms with Crippen LogP contribution in [0.25, 0.3) is 0 Å². The summed E-state index contributed by atoms with van der Waals surface area (Å²) in [6.45, 7) is -0.559. The SMILES string of the molecule is O=C(O)c1cccc(C(=O)OCC(O)O)c1.[NaH]. The molecular formula is C10H11NaO6. The number of hydrogen-bond donors (Lipinski definition) is 3. The number of aliphatic hydroxyl groups is 2. The molecule has 1 rings (SSSR count). The molecular weight excluding hydrogens is 239 g/mol. The molecule has 0 heterocycles. The summed E-state index contributed by atoms with van der Waals surface area (Å²) < 4.78 is 4.49. The van der Waals surface area contributed by atoms with E-state index in [1.165, 1.54) is 18.2 Å². The molecule has 0 aliphatic heterocycles. The van der Waals surface area contributed by atoms with Crippen molar-refractivity contribution >= 4 is 41.5 Å². The molecule has 0 spiro atoms. The molecule has 7 heteroatoms. The van der Waals surface area contributed by atoms with Gasteiger partial charge in [-0.25, -0.2) is 9.59 Å². The normalized spacial score (nSPS) is 9.59. The maximum atomic E-state index is 11.3. The van der Waals surface area contributed by atoms with Crippen molar-refractivity contribution in [3.05, 3.63) is 35.4 Å². The zero-order valence-electron chi connectivity index (χ0n) is 8.16. The Kier molecular flexibility index (Phi) is 7.01. The van der Waals surface area contributed by atoms with Crippen molar-refractivity contribution in [2.24, 2.45) is 0 Å². The third-order valence-electron chi connectivity index (χ3n) is 1.71. The fourth-order valence-electron chi connectivity index (χ4n) is 1.01. The van der Waals surface area contributed by atoms with Crippen molar-refractivity contribution in [3.63, 3.8) is 0 Å². The van der Waals surface area contributed by atoms with Crippen LogP contribution in [-0.2, 0) is 4.74 Å². The first kappa shape index (κ1) is 16.1. The van der Waals surface area contributed by atoms with E-state index in [1.54, 1.807) is 0 Å². The molecule has 3 N–H and O–H groups in total. The molecule has 0 amide bonds. The molecule has 1 aromatic rings. The molecule has 88 valence electrons. The topological polar surface area (TPSA) is 104 Å². The average molecular weight is 250 g/mol. The number of benzene rings is 1. The Bertz CT molecular complexity index is 404. The quantitative estimate of drug-likeness (QED) is 0.367. The van der Waals surface area contributed by atoms with E-state index in [2.05, 4.69) is 4.74 Å². The van der Waals surface area contributed by atoms with Gasteiger partial charge in [0.05, 0.1) is 11.1 Å². The Balaban J connectivity index is 0.00000256. The molecule has 0 atom stereocenters. The van der Waals surface area contributed by atoms with E-state index in [0.29, 0.717) is 0 Å². The monoisotopic (exact) mass is 250 g/mol. The molecule has 1 aromatic carbocycles. The summed E-state index contributed by atoms with van der Waals surface area (Å²) in [4.78, 5) is 21.9. The van der Waals surface area contributed by atoms with E-state index in [1.807, 2.05) is 0 Å². The van der Waals surface area contributed by atoms with Crippen LogP contribution in [0.4, 0.5) is 0 Å². The van der Waals surface area contributed by atoms with Gasteiger partial charge in [0, 0.05) is 0 Å². The van der Waals surface area contributed by atoms with E-state index >= 15 is 0 Å². The molecule has 0 aliphatic rings. The predicted molar refractivity (Wildman–Crippen MR) is 59.1 cm³/mol.